The molecule has 0 radical (unpaired) electrons. The number of aromatic nitrogens is 1. The molecule has 1 aliphatic heterocycles. The molecule has 0 saturated carbocycles. The Hall–Kier alpha value is -2.39. The summed E-state index contributed by atoms with van der Waals surface area (Å²) in [6.07, 6.45) is 3.56. The van der Waals surface area contributed by atoms with Crippen LogP contribution in [0.3, 0.4) is 0 Å². The summed E-state index contributed by atoms with van der Waals surface area (Å²) in [6.45, 7) is 8.16. The van der Waals surface area contributed by atoms with E-state index in [1.807, 2.05) is 32.2 Å². The van der Waals surface area contributed by atoms with Crippen LogP contribution in [-0.2, 0) is 14.3 Å². The Morgan fingerprint density at radius 1 is 1.29 bits per heavy atom. The van der Waals surface area contributed by atoms with E-state index in [4.69, 9.17) is 9.47 Å². The Bertz CT molecular complexity index is 901. The van der Waals surface area contributed by atoms with Gasteiger partial charge in [0.15, 0.2) is 0 Å². The highest BCUT2D eigenvalue weighted by molar-refractivity contribution is 7.17. The van der Waals surface area contributed by atoms with Crippen LogP contribution in [0.1, 0.15) is 40.0 Å². The molecule has 1 aliphatic rings. The van der Waals surface area contributed by atoms with Gasteiger partial charge >= 0.3 is 6.09 Å². The molecule has 1 fully saturated rings. The number of fused-ring (bicyclic) bond motifs is 1. The zero-order valence-corrected chi connectivity index (χ0v) is 19.5. The number of methoxy groups -OCH3 is 1. The van der Waals surface area contributed by atoms with Crippen LogP contribution in [0.5, 0.6) is 0 Å². The van der Waals surface area contributed by atoms with Crippen molar-refractivity contribution in [3.63, 3.8) is 0 Å². The number of carbonyl (C=O) groups is 2. The first kappa shape index (κ1) is 23.3. The third-order valence-corrected chi connectivity index (χ3v) is 6.04. The van der Waals surface area contributed by atoms with E-state index in [1.54, 1.807) is 29.5 Å². The lowest BCUT2D eigenvalue weighted by Gasteiger charge is -2.33. The summed E-state index contributed by atoms with van der Waals surface area (Å²) in [5.41, 5.74) is 2.01. The van der Waals surface area contributed by atoms with Gasteiger partial charge in [-0.15, -0.1) is 11.3 Å². The van der Waals surface area contributed by atoms with E-state index in [1.165, 1.54) is 0 Å². The summed E-state index contributed by atoms with van der Waals surface area (Å²) in [6, 6.07) is 1.97. The van der Waals surface area contributed by atoms with Gasteiger partial charge in [-0.3, -0.25) is 9.78 Å². The van der Waals surface area contributed by atoms with E-state index >= 15 is 0 Å². The number of rotatable bonds is 7. The highest BCUT2D eigenvalue weighted by atomic mass is 32.1. The number of ether oxygens (including phenoxy) is 2. The second-order valence-corrected chi connectivity index (χ2v) is 9.68. The normalized spacial score (nSPS) is 15.2. The molecule has 0 unspecified atom stereocenters. The van der Waals surface area contributed by atoms with Crippen LogP contribution in [-0.4, -0.2) is 60.8 Å². The second-order valence-electron chi connectivity index (χ2n) is 8.76. The molecule has 0 atom stereocenters. The largest absolute Gasteiger partial charge is 0.444 e. The zero-order valence-electron chi connectivity index (χ0n) is 18.7. The van der Waals surface area contributed by atoms with Gasteiger partial charge in [0.25, 0.3) is 0 Å². The van der Waals surface area contributed by atoms with Gasteiger partial charge in [0.2, 0.25) is 5.91 Å². The number of hydrogen-bond acceptors (Lipinski definition) is 7. The predicted molar refractivity (Wildman–Crippen MR) is 124 cm³/mol. The minimum Gasteiger partial charge on any atom is -0.444 e. The first-order valence-corrected chi connectivity index (χ1v) is 11.5. The van der Waals surface area contributed by atoms with Gasteiger partial charge in [-0.05, 0) is 51.0 Å². The average Bonchev–Trinajstić information content (AvgIpc) is 3.19. The van der Waals surface area contributed by atoms with Gasteiger partial charge in [0.05, 0.1) is 40.8 Å². The second kappa shape index (κ2) is 10.3. The molecule has 9 heteroatoms. The summed E-state index contributed by atoms with van der Waals surface area (Å²) in [5.74, 6) is 0.326. The lowest BCUT2D eigenvalue weighted by atomic mass is 9.97. The Morgan fingerprint density at radius 2 is 2.03 bits per heavy atom. The Balaban J connectivity index is 1.60. The molecule has 3 heterocycles. The van der Waals surface area contributed by atoms with Crippen molar-refractivity contribution in [3.8, 4) is 0 Å². The third kappa shape index (κ3) is 6.54. The highest BCUT2D eigenvalue weighted by Gasteiger charge is 2.27. The summed E-state index contributed by atoms with van der Waals surface area (Å²) < 4.78 is 11.5. The fourth-order valence-corrected chi connectivity index (χ4v) is 4.36. The predicted octanol–water partition coefficient (Wildman–Crippen LogP) is 4.33. The van der Waals surface area contributed by atoms with E-state index < -0.39 is 5.60 Å². The highest BCUT2D eigenvalue weighted by Crippen LogP contribution is 2.34. The average molecular weight is 449 g/mol. The number of likely N-dealkylation sites (tertiary alicyclic amines) is 1. The molecule has 31 heavy (non-hydrogen) atoms. The van der Waals surface area contributed by atoms with Gasteiger partial charge < -0.3 is 25.0 Å². The van der Waals surface area contributed by atoms with Crippen molar-refractivity contribution in [1.29, 1.82) is 0 Å². The monoisotopic (exact) mass is 448 g/mol. The van der Waals surface area contributed by atoms with Crippen LogP contribution in [0.2, 0.25) is 0 Å². The van der Waals surface area contributed by atoms with Gasteiger partial charge in [-0.2, -0.15) is 0 Å². The van der Waals surface area contributed by atoms with Crippen molar-refractivity contribution in [2.45, 2.75) is 45.6 Å². The molecule has 0 bridgehead atoms. The summed E-state index contributed by atoms with van der Waals surface area (Å²) in [5, 5.41) is 8.50. The maximum absolute atomic E-state index is 12.3. The van der Waals surface area contributed by atoms with E-state index in [9.17, 15) is 9.59 Å². The van der Waals surface area contributed by atoms with Gasteiger partial charge in [-0.25, -0.2) is 4.79 Å². The Labute approximate surface area is 187 Å². The minimum absolute atomic E-state index is 0.103. The first-order valence-electron chi connectivity index (χ1n) is 10.6. The van der Waals surface area contributed by atoms with Crippen molar-refractivity contribution in [2.75, 3.05) is 44.0 Å². The zero-order chi connectivity index (χ0) is 22.4. The molecule has 1 saturated heterocycles. The van der Waals surface area contributed by atoms with E-state index in [-0.39, 0.29) is 12.0 Å². The van der Waals surface area contributed by atoms with Gasteiger partial charge in [-0.1, -0.05) is 0 Å². The number of hydrogen-bond donors (Lipinski definition) is 2. The molecule has 0 aliphatic carbocycles. The molecule has 0 aromatic carbocycles. The molecule has 2 amide bonds. The molecular formula is C22H32N4O4S. The van der Waals surface area contributed by atoms with Crippen LogP contribution >= 0.6 is 11.3 Å². The summed E-state index contributed by atoms with van der Waals surface area (Å²) in [7, 11) is 1.58. The number of pyridine rings is 1. The number of thiophene rings is 1. The van der Waals surface area contributed by atoms with Crippen LogP contribution < -0.4 is 10.6 Å². The number of anilines is 2. The number of nitrogens with zero attached hydrogens (tertiary/aromatic N) is 2. The van der Waals surface area contributed by atoms with Crippen molar-refractivity contribution in [3.05, 3.63) is 17.6 Å². The van der Waals surface area contributed by atoms with Crippen molar-refractivity contribution in [1.82, 2.24) is 9.88 Å². The molecule has 2 aromatic rings. The molecule has 3 rings (SSSR count). The standard InChI is InChI=1S/C22H32N4O4S/c1-22(2,3)30-21(28)26-9-5-15(6-10-26)13-24-19-17(25-18(27)7-11-29-4)14-23-16-8-12-31-20(16)19/h8,12,14-15H,5-7,9-11,13H2,1-4H3,(H,23,24)(H,25,27). The molecule has 2 N–H and O–H groups in total. The number of amides is 2. The van der Waals surface area contributed by atoms with Crippen molar-refractivity contribution < 1.29 is 19.1 Å². The van der Waals surface area contributed by atoms with Crippen molar-refractivity contribution >= 4 is 44.9 Å². The summed E-state index contributed by atoms with van der Waals surface area (Å²) in [4.78, 5) is 30.7. The number of nitrogens with one attached hydrogen (secondary N) is 2. The SMILES string of the molecule is COCCC(=O)Nc1cnc2ccsc2c1NCC1CCN(C(=O)OC(C)(C)C)CC1. The molecule has 8 nitrogen and oxygen atoms in total. The van der Waals surface area contributed by atoms with E-state index in [2.05, 4.69) is 15.6 Å². The number of carbonyl (C=O) groups excluding carboxylic acids is 2. The molecule has 0 spiro atoms. The maximum Gasteiger partial charge on any atom is 0.410 e. The fourth-order valence-electron chi connectivity index (χ4n) is 3.48. The Kier molecular flexibility index (Phi) is 7.72. The maximum atomic E-state index is 12.3. The van der Waals surface area contributed by atoms with E-state index in [0.29, 0.717) is 37.7 Å². The van der Waals surface area contributed by atoms with Crippen molar-refractivity contribution in [2.24, 2.45) is 5.92 Å². The quantitative estimate of drug-likeness (QED) is 0.655. The fraction of sp³-hybridized carbons (Fsp3) is 0.591. The van der Waals surface area contributed by atoms with Crippen LogP contribution in [0.25, 0.3) is 10.2 Å². The van der Waals surface area contributed by atoms with Gasteiger partial charge in [0.1, 0.15) is 5.60 Å². The van der Waals surface area contributed by atoms with Gasteiger partial charge in [0, 0.05) is 26.7 Å². The lowest BCUT2D eigenvalue weighted by Crippen LogP contribution is -2.42. The minimum atomic E-state index is -0.479. The third-order valence-electron chi connectivity index (χ3n) is 5.11. The molecule has 2 aromatic heterocycles. The first-order chi connectivity index (χ1) is 14.8. The van der Waals surface area contributed by atoms with Crippen LogP contribution in [0.4, 0.5) is 16.2 Å². The summed E-state index contributed by atoms with van der Waals surface area (Å²) >= 11 is 1.60. The van der Waals surface area contributed by atoms with E-state index in [0.717, 1.165) is 35.3 Å². The lowest BCUT2D eigenvalue weighted by molar-refractivity contribution is -0.117. The molecular weight excluding hydrogens is 416 g/mol. The smallest absolute Gasteiger partial charge is 0.410 e. The topological polar surface area (TPSA) is 92.8 Å². The van der Waals surface area contributed by atoms with Crippen LogP contribution in [0.15, 0.2) is 17.6 Å². The Morgan fingerprint density at radius 3 is 2.71 bits per heavy atom. The number of piperidine rings is 1. The molecule has 170 valence electrons. The van der Waals surface area contributed by atoms with Crippen LogP contribution in [0, 0.1) is 5.92 Å².